The minimum Gasteiger partial charge on any atom is -0.465 e. The van der Waals surface area contributed by atoms with E-state index < -0.39 is 5.97 Å². The molecule has 0 amide bonds. The zero-order valence-corrected chi connectivity index (χ0v) is 14.6. The van der Waals surface area contributed by atoms with Crippen molar-refractivity contribution in [2.45, 2.75) is 12.8 Å². The van der Waals surface area contributed by atoms with E-state index in [1.54, 1.807) is 12.1 Å². The Morgan fingerprint density at radius 1 is 1.00 bits per heavy atom. The Labute approximate surface area is 153 Å². The molecule has 26 heavy (non-hydrogen) atoms. The zero-order valence-electron chi connectivity index (χ0n) is 14.6. The smallest absolute Gasteiger partial charge is 0.339 e. The van der Waals surface area contributed by atoms with Gasteiger partial charge in [-0.1, -0.05) is 54.6 Å². The molecule has 0 unspecified atom stereocenters. The lowest BCUT2D eigenvalue weighted by Gasteiger charge is -2.06. The Morgan fingerprint density at radius 2 is 1.77 bits per heavy atom. The summed E-state index contributed by atoms with van der Waals surface area (Å²) in [6.45, 7) is 0. The lowest BCUT2D eigenvalue weighted by atomic mass is 10.0. The first-order valence-electron chi connectivity index (χ1n) is 8.46. The third-order valence-electron chi connectivity index (χ3n) is 4.09. The zero-order chi connectivity index (χ0) is 18.2. The fourth-order valence-electron chi connectivity index (χ4n) is 2.65. The number of pyridine rings is 1. The summed E-state index contributed by atoms with van der Waals surface area (Å²) in [6, 6.07) is 22.0. The number of aryl methyl sites for hydroxylation is 2. The maximum atomic E-state index is 11.4. The quantitative estimate of drug-likeness (QED) is 0.492. The van der Waals surface area contributed by atoms with Crippen LogP contribution in [0.5, 0.6) is 0 Å². The van der Waals surface area contributed by atoms with Gasteiger partial charge in [-0.3, -0.25) is 0 Å². The van der Waals surface area contributed by atoms with Crippen molar-refractivity contribution in [3.8, 4) is 0 Å². The van der Waals surface area contributed by atoms with E-state index in [0.717, 1.165) is 18.4 Å². The van der Waals surface area contributed by atoms with E-state index in [1.807, 2.05) is 30.5 Å². The van der Waals surface area contributed by atoms with Crippen LogP contribution in [0.25, 0.3) is 0 Å². The van der Waals surface area contributed by atoms with Crippen LogP contribution in [0, 0.1) is 0 Å². The van der Waals surface area contributed by atoms with Gasteiger partial charge in [0.15, 0.2) is 5.82 Å². The first-order chi connectivity index (χ1) is 12.8. The highest BCUT2D eigenvalue weighted by molar-refractivity contribution is 5.89. The molecule has 0 spiro atoms. The molecule has 0 aliphatic heterocycles. The van der Waals surface area contributed by atoms with Gasteiger partial charge in [-0.15, -0.1) is 0 Å². The van der Waals surface area contributed by atoms with Crippen molar-refractivity contribution in [2.24, 2.45) is 4.99 Å². The summed E-state index contributed by atoms with van der Waals surface area (Å²) in [6.07, 6.45) is 5.22. The first kappa shape index (κ1) is 17.5. The molecule has 0 radical (unpaired) electrons. The number of ether oxygens (including phenoxy) is 1. The predicted octanol–water partition coefficient (Wildman–Crippen LogP) is 4.40. The fraction of sp³-hybridized carbons (Fsp3) is 0.136. The molecule has 0 aliphatic rings. The number of hydrogen-bond donors (Lipinski definition) is 0. The number of nitrogens with zero attached hydrogens (tertiary/aromatic N) is 2. The molecule has 0 fully saturated rings. The highest BCUT2D eigenvalue weighted by Crippen LogP contribution is 2.14. The molecule has 0 bridgehead atoms. The van der Waals surface area contributed by atoms with Crippen LogP contribution >= 0.6 is 0 Å². The number of aliphatic imine (C=N–C) groups is 1. The summed E-state index contributed by atoms with van der Waals surface area (Å²) in [5, 5.41) is 0. The van der Waals surface area contributed by atoms with Gasteiger partial charge in [-0.25, -0.2) is 14.8 Å². The largest absolute Gasteiger partial charge is 0.465 e. The summed E-state index contributed by atoms with van der Waals surface area (Å²) in [5.41, 5.74) is 4.04. The van der Waals surface area contributed by atoms with Crippen LogP contribution in [-0.4, -0.2) is 24.3 Å². The Bertz CT molecular complexity index is 888. The molecule has 2 aromatic carbocycles. The molecular formula is C22H20N2O2. The average molecular weight is 344 g/mol. The van der Waals surface area contributed by atoms with E-state index in [4.69, 9.17) is 0 Å². The van der Waals surface area contributed by atoms with Crippen molar-refractivity contribution in [3.63, 3.8) is 0 Å². The van der Waals surface area contributed by atoms with Crippen molar-refractivity contribution in [3.05, 3.63) is 95.2 Å². The average Bonchev–Trinajstić information content (AvgIpc) is 2.72. The molecule has 0 saturated heterocycles. The van der Waals surface area contributed by atoms with Gasteiger partial charge in [0.1, 0.15) is 0 Å². The predicted molar refractivity (Wildman–Crippen MR) is 103 cm³/mol. The molecule has 4 nitrogen and oxygen atoms in total. The van der Waals surface area contributed by atoms with E-state index in [1.165, 1.54) is 24.4 Å². The van der Waals surface area contributed by atoms with E-state index in [9.17, 15) is 4.79 Å². The molecule has 0 aliphatic carbocycles. The van der Waals surface area contributed by atoms with E-state index in [-0.39, 0.29) is 0 Å². The number of carbonyl (C=O) groups is 1. The number of aromatic nitrogens is 1. The number of esters is 1. The highest BCUT2D eigenvalue weighted by atomic mass is 16.5. The number of carbonyl (C=O) groups excluding carboxylic acids is 1. The van der Waals surface area contributed by atoms with Crippen molar-refractivity contribution in [2.75, 3.05) is 7.11 Å². The van der Waals surface area contributed by atoms with E-state index in [0.29, 0.717) is 11.4 Å². The van der Waals surface area contributed by atoms with Crippen LogP contribution < -0.4 is 0 Å². The molecule has 1 aromatic heterocycles. The summed E-state index contributed by atoms with van der Waals surface area (Å²) in [4.78, 5) is 20.1. The molecule has 4 heteroatoms. The molecular weight excluding hydrogens is 324 g/mol. The maximum Gasteiger partial charge on any atom is 0.339 e. The second kappa shape index (κ2) is 8.72. The monoisotopic (exact) mass is 344 g/mol. The van der Waals surface area contributed by atoms with Gasteiger partial charge in [-0.05, 0) is 41.7 Å². The van der Waals surface area contributed by atoms with Crippen LogP contribution in [0.1, 0.15) is 27.0 Å². The summed E-state index contributed by atoms with van der Waals surface area (Å²) in [7, 11) is 1.35. The summed E-state index contributed by atoms with van der Waals surface area (Å²) >= 11 is 0. The second-order valence-electron chi connectivity index (χ2n) is 5.84. The standard InChI is InChI=1S/C22H20N2O2/c1-26-22(25)20-13-14-21(24-16-20)23-15-19-10-6-5-9-18(19)12-11-17-7-3-2-4-8-17/h2-10,13-16H,11-12H2,1H3/b23-15-. The third kappa shape index (κ3) is 4.63. The van der Waals surface area contributed by atoms with Gasteiger partial charge >= 0.3 is 5.97 Å². The number of methoxy groups -OCH3 is 1. The minimum absolute atomic E-state index is 0.403. The number of rotatable bonds is 6. The Kier molecular flexibility index (Phi) is 5.88. The number of benzene rings is 2. The first-order valence-corrected chi connectivity index (χ1v) is 8.46. The SMILES string of the molecule is COC(=O)c1ccc(/N=C\c2ccccc2CCc2ccccc2)nc1. The molecule has 130 valence electrons. The lowest BCUT2D eigenvalue weighted by molar-refractivity contribution is 0.0600. The van der Waals surface area contributed by atoms with Crippen LogP contribution in [-0.2, 0) is 17.6 Å². The Hall–Kier alpha value is -3.27. The molecule has 1 heterocycles. The van der Waals surface area contributed by atoms with E-state index in [2.05, 4.69) is 45.0 Å². The molecule has 3 aromatic rings. The van der Waals surface area contributed by atoms with E-state index >= 15 is 0 Å². The molecule has 0 atom stereocenters. The van der Waals surface area contributed by atoms with Crippen molar-refractivity contribution >= 4 is 18.0 Å². The van der Waals surface area contributed by atoms with Crippen molar-refractivity contribution in [1.82, 2.24) is 4.98 Å². The number of hydrogen-bond acceptors (Lipinski definition) is 4. The third-order valence-corrected chi connectivity index (χ3v) is 4.09. The fourth-order valence-corrected chi connectivity index (χ4v) is 2.65. The van der Waals surface area contributed by atoms with Crippen LogP contribution in [0.15, 0.2) is 77.9 Å². The Balaban J connectivity index is 1.71. The Morgan fingerprint density at radius 3 is 2.50 bits per heavy atom. The minimum atomic E-state index is -0.403. The van der Waals surface area contributed by atoms with Crippen LogP contribution in [0.3, 0.4) is 0 Å². The van der Waals surface area contributed by atoms with Gasteiger partial charge in [-0.2, -0.15) is 0 Å². The summed E-state index contributed by atoms with van der Waals surface area (Å²) < 4.78 is 4.67. The molecule has 0 N–H and O–H groups in total. The van der Waals surface area contributed by atoms with Gasteiger partial charge in [0.2, 0.25) is 0 Å². The normalized spacial score (nSPS) is 10.8. The van der Waals surface area contributed by atoms with Crippen molar-refractivity contribution < 1.29 is 9.53 Å². The second-order valence-corrected chi connectivity index (χ2v) is 5.84. The van der Waals surface area contributed by atoms with Crippen LogP contribution in [0.4, 0.5) is 5.82 Å². The highest BCUT2D eigenvalue weighted by Gasteiger charge is 2.05. The van der Waals surface area contributed by atoms with Crippen LogP contribution in [0.2, 0.25) is 0 Å². The molecule has 0 saturated carbocycles. The van der Waals surface area contributed by atoms with Crippen molar-refractivity contribution in [1.29, 1.82) is 0 Å². The topological polar surface area (TPSA) is 51.5 Å². The van der Waals surface area contributed by atoms with Gasteiger partial charge in [0.25, 0.3) is 0 Å². The maximum absolute atomic E-state index is 11.4. The van der Waals surface area contributed by atoms with Gasteiger partial charge < -0.3 is 4.74 Å². The molecule has 3 rings (SSSR count). The summed E-state index contributed by atoms with van der Waals surface area (Å²) in [5.74, 6) is 0.148. The van der Waals surface area contributed by atoms with Gasteiger partial charge in [0.05, 0.1) is 12.7 Å². The lowest BCUT2D eigenvalue weighted by Crippen LogP contribution is -2.01. The van der Waals surface area contributed by atoms with Gasteiger partial charge in [0, 0.05) is 12.4 Å².